The second-order valence-electron chi connectivity index (χ2n) is 7.06. The van der Waals surface area contributed by atoms with Crippen LogP contribution >= 0.6 is 0 Å². The minimum Gasteiger partial charge on any atom is -0.508 e. The SMILES string of the molecule is CC(C)C(N)C(=O)NC(Cc1ccc(O)cc1)C(=O)NCC(=O)NC(CO)C(=O)O. The van der Waals surface area contributed by atoms with E-state index in [4.69, 9.17) is 15.9 Å². The molecule has 8 N–H and O–H groups in total. The third kappa shape index (κ3) is 8.05. The first-order valence-corrected chi connectivity index (χ1v) is 9.29. The Morgan fingerprint density at radius 3 is 2.10 bits per heavy atom. The van der Waals surface area contributed by atoms with Crippen LogP contribution in [0.4, 0.5) is 0 Å². The molecule has 0 aliphatic carbocycles. The first-order valence-electron chi connectivity index (χ1n) is 9.29. The van der Waals surface area contributed by atoms with Crippen molar-refractivity contribution in [3.05, 3.63) is 29.8 Å². The molecule has 0 fully saturated rings. The Balaban J connectivity index is 2.82. The van der Waals surface area contributed by atoms with Crippen molar-refractivity contribution in [2.75, 3.05) is 13.2 Å². The molecule has 0 aliphatic rings. The van der Waals surface area contributed by atoms with Gasteiger partial charge in [-0.05, 0) is 23.6 Å². The van der Waals surface area contributed by atoms with E-state index in [0.717, 1.165) is 0 Å². The zero-order valence-electron chi connectivity index (χ0n) is 16.8. The lowest BCUT2D eigenvalue weighted by Crippen LogP contribution is -2.55. The Morgan fingerprint density at radius 2 is 1.60 bits per heavy atom. The maximum absolute atomic E-state index is 12.6. The Morgan fingerprint density at radius 1 is 1.00 bits per heavy atom. The molecule has 3 unspecified atom stereocenters. The number of aromatic hydroxyl groups is 1. The maximum Gasteiger partial charge on any atom is 0.328 e. The summed E-state index contributed by atoms with van der Waals surface area (Å²) >= 11 is 0. The molecular formula is C19H28N4O7. The third-order valence-corrected chi connectivity index (χ3v) is 4.27. The molecule has 1 rings (SSSR count). The molecule has 0 saturated carbocycles. The lowest BCUT2D eigenvalue weighted by Gasteiger charge is -2.22. The number of phenolic OH excluding ortho intramolecular Hbond substituents is 1. The predicted molar refractivity (Wildman–Crippen MR) is 106 cm³/mol. The number of rotatable bonds is 11. The van der Waals surface area contributed by atoms with Gasteiger partial charge in [0.15, 0.2) is 0 Å². The summed E-state index contributed by atoms with van der Waals surface area (Å²) in [5.41, 5.74) is 6.46. The van der Waals surface area contributed by atoms with E-state index in [1.807, 2.05) is 0 Å². The van der Waals surface area contributed by atoms with Crippen LogP contribution in [0.25, 0.3) is 0 Å². The number of carbonyl (C=O) groups excluding carboxylic acids is 3. The molecule has 11 heteroatoms. The fourth-order valence-corrected chi connectivity index (χ4v) is 2.37. The summed E-state index contributed by atoms with van der Waals surface area (Å²) < 4.78 is 0. The Hall–Kier alpha value is -3.18. The first kappa shape index (κ1) is 24.9. The number of carboxylic acid groups (broad SMARTS) is 1. The average Bonchev–Trinajstić information content (AvgIpc) is 2.70. The van der Waals surface area contributed by atoms with Gasteiger partial charge in [0.05, 0.1) is 19.2 Å². The topological polar surface area (TPSA) is 191 Å². The molecule has 0 aliphatic heterocycles. The van der Waals surface area contributed by atoms with Gasteiger partial charge in [0.2, 0.25) is 17.7 Å². The van der Waals surface area contributed by atoms with Crippen molar-refractivity contribution in [1.29, 1.82) is 0 Å². The van der Waals surface area contributed by atoms with Gasteiger partial charge in [-0.15, -0.1) is 0 Å². The molecule has 0 aromatic heterocycles. The number of nitrogens with two attached hydrogens (primary N) is 1. The number of benzene rings is 1. The summed E-state index contributed by atoms with van der Waals surface area (Å²) in [5.74, 6) is -3.59. The third-order valence-electron chi connectivity index (χ3n) is 4.27. The summed E-state index contributed by atoms with van der Waals surface area (Å²) in [5, 5.41) is 34.1. The number of aliphatic hydroxyl groups excluding tert-OH is 1. The number of phenols is 1. The Kier molecular flexibility index (Phi) is 9.72. The largest absolute Gasteiger partial charge is 0.508 e. The van der Waals surface area contributed by atoms with Gasteiger partial charge < -0.3 is 37.0 Å². The fourth-order valence-electron chi connectivity index (χ4n) is 2.37. The zero-order valence-corrected chi connectivity index (χ0v) is 16.8. The maximum atomic E-state index is 12.6. The van der Waals surface area contributed by atoms with Crippen molar-refractivity contribution in [2.24, 2.45) is 11.7 Å². The number of aliphatic carboxylic acids is 1. The predicted octanol–water partition coefficient (Wildman–Crippen LogP) is -1.92. The van der Waals surface area contributed by atoms with Crippen molar-refractivity contribution >= 4 is 23.7 Å². The van der Waals surface area contributed by atoms with Crippen molar-refractivity contribution < 1.29 is 34.5 Å². The van der Waals surface area contributed by atoms with E-state index >= 15 is 0 Å². The van der Waals surface area contributed by atoms with Crippen molar-refractivity contribution in [1.82, 2.24) is 16.0 Å². The lowest BCUT2D eigenvalue weighted by atomic mass is 10.0. The highest BCUT2D eigenvalue weighted by Gasteiger charge is 2.26. The van der Waals surface area contributed by atoms with Crippen LogP contribution < -0.4 is 21.7 Å². The summed E-state index contributed by atoms with van der Waals surface area (Å²) in [4.78, 5) is 47.6. The van der Waals surface area contributed by atoms with Crippen LogP contribution in [-0.4, -0.2) is 70.3 Å². The highest BCUT2D eigenvalue weighted by Crippen LogP contribution is 2.12. The number of carbonyl (C=O) groups is 4. The van der Waals surface area contributed by atoms with E-state index < -0.39 is 55.0 Å². The minimum absolute atomic E-state index is 0.0409. The molecule has 0 bridgehead atoms. The number of hydrogen-bond acceptors (Lipinski definition) is 7. The van der Waals surface area contributed by atoms with Crippen molar-refractivity contribution in [3.8, 4) is 5.75 Å². The van der Waals surface area contributed by atoms with Crippen LogP contribution in [-0.2, 0) is 25.6 Å². The van der Waals surface area contributed by atoms with Gasteiger partial charge in [-0.3, -0.25) is 14.4 Å². The summed E-state index contributed by atoms with van der Waals surface area (Å²) in [7, 11) is 0. The molecule has 166 valence electrons. The lowest BCUT2D eigenvalue weighted by molar-refractivity contribution is -0.142. The van der Waals surface area contributed by atoms with E-state index in [0.29, 0.717) is 5.56 Å². The quantitative estimate of drug-likeness (QED) is 0.214. The number of aliphatic hydroxyl groups is 1. The molecule has 0 saturated heterocycles. The summed E-state index contributed by atoms with van der Waals surface area (Å²) in [6.45, 7) is 2.15. The molecule has 3 amide bonds. The second kappa shape index (κ2) is 11.7. The van der Waals surface area contributed by atoms with E-state index in [2.05, 4.69) is 16.0 Å². The van der Waals surface area contributed by atoms with Crippen LogP contribution in [0.1, 0.15) is 19.4 Å². The van der Waals surface area contributed by atoms with Gasteiger partial charge in [0.25, 0.3) is 0 Å². The molecule has 0 radical (unpaired) electrons. The summed E-state index contributed by atoms with van der Waals surface area (Å²) in [6, 6.07) is 2.62. The van der Waals surface area contributed by atoms with Crippen LogP contribution in [0.3, 0.4) is 0 Å². The number of hydrogen-bond donors (Lipinski definition) is 7. The summed E-state index contributed by atoms with van der Waals surface area (Å²) in [6.07, 6.45) is 0.0681. The molecule has 0 heterocycles. The molecule has 1 aromatic rings. The highest BCUT2D eigenvalue weighted by atomic mass is 16.4. The van der Waals surface area contributed by atoms with Gasteiger partial charge in [-0.2, -0.15) is 0 Å². The number of amides is 3. The minimum atomic E-state index is -1.49. The molecule has 11 nitrogen and oxygen atoms in total. The van der Waals surface area contributed by atoms with Crippen molar-refractivity contribution in [3.63, 3.8) is 0 Å². The van der Waals surface area contributed by atoms with Crippen molar-refractivity contribution in [2.45, 2.75) is 38.4 Å². The van der Waals surface area contributed by atoms with Gasteiger partial charge in [0.1, 0.15) is 17.8 Å². The smallest absolute Gasteiger partial charge is 0.328 e. The van der Waals surface area contributed by atoms with Crippen LogP contribution in [0.5, 0.6) is 5.75 Å². The van der Waals surface area contributed by atoms with Gasteiger partial charge in [-0.25, -0.2) is 4.79 Å². The molecule has 1 aromatic carbocycles. The number of carboxylic acids is 1. The van der Waals surface area contributed by atoms with E-state index in [9.17, 15) is 24.3 Å². The zero-order chi connectivity index (χ0) is 22.8. The van der Waals surface area contributed by atoms with E-state index in [-0.39, 0.29) is 18.1 Å². The van der Waals surface area contributed by atoms with Crippen LogP contribution in [0, 0.1) is 5.92 Å². The molecule has 0 spiro atoms. The highest BCUT2D eigenvalue weighted by molar-refractivity contribution is 5.92. The van der Waals surface area contributed by atoms with Gasteiger partial charge in [0, 0.05) is 6.42 Å². The normalized spacial score (nSPS) is 13.8. The molecular weight excluding hydrogens is 396 g/mol. The van der Waals surface area contributed by atoms with Gasteiger partial charge >= 0.3 is 5.97 Å². The number of nitrogens with one attached hydrogen (secondary N) is 3. The molecule has 30 heavy (non-hydrogen) atoms. The van der Waals surface area contributed by atoms with Crippen LogP contribution in [0.15, 0.2) is 24.3 Å². The Labute approximate surface area is 173 Å². The molecule has 3 atom stereocenters. The van der Waals surface area contributed by atoms with E-state index in [1.54, 1.807) is 26.0 Å². The first-order chi connectivity index (χ1) is 14.0. The van der Waals surface area contributed by atoms with Crippen LogP contribution in [0.2, 0.25) is 0 Å². The Bertz CT molecular complexity index is 752. The monoisotopic (exact) mass is 424 g/mol. The second-order valence-corrected chi connectivity index (χ2v) is 7.06. The fraction of sp³-hybridized carbons (Fsp3) is 0.474. The average molecular weight is 424 g/mol. The van der Waals surface area contributed by atoms with E-state index in [1.165, 1.54) is 12.1 Å². The van der Waals surface area contributed by atoms with Gasteiger partial charge in [-0.1, -0.05) is 26.0 Å². The standard InChI is InChI=1S/C19H28N4O7/c1-10(2)16(20)18(28)23-13(7-11-3-5-12(25)6-4-11)17(27)21-8-15(26)22-14(9-24)19(29)30/h3-6,10,13-14,16,24-25H,7-9,20H2,1-2H3,(H,21,27)(H,22,26)(H,23,28)(H,29,30).